The van der Waals surface area contributed by atoms with Gasteiger partial charge in [0.1, 0.15) is 0 Å². The average molecular weight is 297 g/mol. The summed E-state index contributed by atoms with van der Waals surface area (Å²) < 4.78 is 4.99. The standard InChI is InChI=1S/C18H19NO3/c1-14-6-5-9-16(10-14)11-18(21)22-13-17(20)19-12-15-7-3-2-4-8-15/h2-10H,11-13H2,1H3,(H,19,20). The van der Waals surface area contributed by atoms with Crippen molar-refractivity contribution in [3.63, 3.8) is 0 Å². The number of carbonyl (C=O) groups is 2. The summed E-state index contributed by atoms with van der Waals surface area (Å²) in [6, 6.07) is 17.2. The molecule has 0 aromatic heterocycles. The number of hydrogen-bond acceptors (Lipinski definition) is 3. The predicted octanol–water partition coefficient (Wildman–Crippen LogP) is 2.40. The van der Waals surface area contributed by atoms with Crippen molar-refractivity contribution in [2.75, 3.05) is 6.61 Å². The summed E-state index contributed by atoms with van der Waals surface area (Å²) in [5.74, 6) is -0.707. The number of benzene rings is 2. The summed E-state index contributed by atoms with van der Waals surface area (Å²) in [5.41, 5.74) is 2.97. The lowest BCUT2D eigenvalue weighted by Gasteiger charge is -2.07. The summed E-state index contributed by atoms with van der Waals surface area (Å²) in [6.45, 7) is 2.14. The van der Waals surface area contributed by atoms with Gasteiger partial charge in [-0.3, -0.25) is 9.59 Å². The Morgan fingerprint density at radius 2 is 1.73 bits per heavy atom. The second-order valence-corrected chi connectivity index (χ2v) is 5.09. The lowest BCUT2D eigenvalue weighted by Crippen LogP contribution is -2.28. The van der Waals surface area contributed by atoms with Crippen molar-refractivity contribution >= 4 is 11.9 Å². The van der Waals surface area contributed by atoms with E-state index in [9.17, 15) is 9.59 Å². The minimum atomic E-state index is -0.402. The number of ether oxygens (including phenoxy) is 1. The van der Waals surface area contributed by atoms with E-state index >= 15 is 0 Å². The number of rotatable bonds is 6. The molecule has 0 aliphatic carbocycles. The lowest BCUT2D eigenvalue weighted by atomic mass is 10.1. The highest BCUT2D eigenvalue weighted by molar-refractivity contribution is 5.81. The zero-order chi connectivity index (χ0) is 15.8. The van der Waals surface area contributed by atoms with Gasteiger partial charge in [0.2, 0.25) is 0 Å². The molecule has 1 amide bonds. The number of amides is 1. The van der Waals surface area contributed by atoms with Crippen molar-refractivity contribution < 1.29 is 14.3 Å². The summed E-state index contributed by atoms with van der Waals surface area (Å²) in [6.07, 6.45) is 0.174. The van der Waals surface area contributed by atoms with Gasteiger partial charge in [-0.25, -0.2) is 0 Å². The molecule has 0 unspecified atom stereocenters. The Morgan fingerprint density at radius 1 is 1.00 bits per heavy atom. The third kappa shape index (κ3) is 5.40. The second kappa shape index (κ2) is 7.98. The van der Waals surface area contributed by atoms with Gasteiger partial charge in [0.25, 0.3) is 5.91 Å². The first-order valence-electron chi connectivity index (χ1n) is 7.15. The van der Waals surface area contributed by atoms with E-state index in [1.807, 2.05) is 61.5 Å². The van der Waals surface area contributed by atoms with E-state index in [4.69, 9.17) is 4.74 Å². The lowest BCUT2D eigenvalue weighted by molar-refractivity contribution is -0.147. The fraction of sp³-hybridized carbons (Fsp3) is 0.222. The third-order valence-electron chi connectivity index (χ3n) is 3.13. The molecule has 0 saturated heterocycles. The molecule has 0 aliphatic heterocycles. The first-order chi connectivity index (χ1) is 10.6. The first-order valence-corrected chi connectivity index (χ1v) is 7.15. The van der Waals surface area contributed by atoms with Crippen LogP contribution in [0.1, 0.15) is 16.7 Å². The molecule has 0 spiro atoms. The number of nitrogens with one attached hydrogen (secondary N) is 1. The second-order valence-electron chi connectivity index (χ2n) is 5.09. The van der Waals surface area contributed by atoms with E-state index in [0.29, 0.717) is 6.54 Å². The Hall–Kier alpha value is -2.62. The van der Waals surface area contributed by atoms with E-state index < -0.39 is 5.97 Å². The largest absolute Gasteiger partial charge is 0.455 e. The van der Waals surface area contributed by atoms with E-state index in [-0.39, 0.29) is 18.9 Å². The molecule has 0 fully saturated rings. The van der Waals surface area contributed by atoms with Crippen molar-refractivity contribution in [3.8, 4) is 0 Å². The minimum absolute atomic E-state index is 0.174. The van der Waals surface area contributed by atoms with Gasteiger partial charge in [0.05, 0.1) is 6.42 Å². The molecular formula is C18H19NO3. The average Bonchev–Trinajstić information content (AvgIpc) is 2.52. The fourth-order valence-electron chi connectivity index (χ4n) is 2.03. The molecule has 114 valence electrons. The van der Waals surface area contributed by atoms with E-state index in [2.05, 4.69) is 5.32 Å². The number of aryl methyl sites for hydroxylation is 1. The molecule has 0 bridgehead atoms. The Labute approximate surface area is 130 Å². The van der Waals surface area contributed by atoms with Gasteiger partial charge in [-0.15, -0.1) is 0 Å². The molecule has 1 N–H and O–H groups in total. The van der Waals surface area contributed by atoms with Gasteiger partial charge >= 0.3 is 5.97 Å². The molecule has 2 rings (SSSR count). The molecule has 4 heteroatoms. The van der Waals surface area contributed by atoms with Crippen LogP contribution in [0, 0.1) is 6.92 Å². The normalized spacial score (nSPS) is 10.0. The summed E-state index contributed by atoms with van der Waals surface area (Å²) in [7, 11) is 0. The monoisotopic (exact) mass is 297 g/mol. The van der Waals surface area contributed by atoms with Crippen molar-refractivity contribution in [1.82, 2.24) is 5.32 Å². The van der Waals surface area contributed by atoms with Gasteiger partial charge in [-0.2, -0.15) is 0 Å². The van der Waals surface area contributed by atoms with Gasteiger partial charge in [0.15, 0.2) is 6.61 Å². The van der Waals surface area contributed by atoms with Gasteiger partial charge in [-0.05, 0) is 18.1 Å². The van der Waals surface area contributed by atoms with Crippen LogP contribution >= 0.6 is 0 Å². The Bertz CT molecular complexity index is 638. The molecular weight excluding hydrogens is 278 g/mol. The van der Waals surface area contributed by atoms with Crippen molar-refractivity contribution in [1.29, 1.82) is 0 Å². The highest BCUT2D eigenvalue weighted by Crippen LogP contribution is 2.05. The van der Waals surface area contributed by atoms with Gasteiger partial charge in [-0.1, -0.05) is 60.2 Å². The molecule has 0 atom stereocenters. The van der Waals surface area contributed by atoms with Gasteiger partial charge in [0, 0.05) is 6.54 Å². The molecule has 2 aromatic carbocycles. The molecule has 0 heterocycles. The van der Waals surface area contributed by atoms with Crippen LogP contribution in [0.5, 0.6) is 0 Å². The zero-order valence-electron chi connectivity index (χ0n) is 12.5. The maximum absolute atomic E-state index is 11.7. The molecule has 4 nitrogen and oxygen atoms in total. The highest BCUT2D eigenvalue weighted by Gasteiger charge is 2.08. The van der Waals surface area contributed by atoms with Crippen LogP contribution in [0.15, 0.2) is 54.6 Å². The molecule has 0 radical (unpaired) electrons. The Morgan fingerprint density at radius 3 is 2.45 bits per heavy atom. The summed E-state index contributed by atoms with van der Waals surface area (Å²) in [5, 5.41) is 2.71. The van der Waals surface area contributed by atoms with Crippen molar-refractivity contribution in [2.24, 2.45) is 0 Å². The van der Waals surface area contributed by atoms with Crippen molar-refractivity contribution in [3.05, 3.63) is 71.3 Å². The summed E-state index contributed by atoms with van der Waals surface area (Å²) in [4.78, 5) is 23.3. The van der Waals surface area contributed by atoms with E-state index in [1.54, 1.807) is 0 Å². The molecule has 0 saturated carbocycles. The quantitative estimate of drug-likeness (QED) is 0.833. The topological polar surface area (TPSA) is 55.4 Å². The minimum Gasteiger partial charge on any atom is -0.455 e. The maximum Gasteiger partial charge on any atom is 0.310 e. The van der Waals surface area contributed by atoms with Crippen LogP contribution in [0.2, 0.25) is 0 Å². The van der Waals surface area contributed by atoms with Crippen LogP contribution < -0.4 is 5.32 Å². The van der Waals surface area contributed by atoms with Crippen LogP contribution in [0.4, 0.5) is 0 Å². The smallest absolute Gasteiger partial charge is 0.310 e. The van der Waals surface area contributed by atoms with Gasteiger partial charge < -0.3 is 10.1 Å². The van der Waals surface area contributed by atoms with E-state index in [0.717, 1.165) is 16.7 Å². The Kier molecular flexibility index (Phi) is 5.72. The van der Waals surface area contributed by atoms with E-state index in [1.165, 1.54) is 0 Å². The fourth-order valence-corrected chi connectivity index (χ4v) is 2.03. The first kappa shape index (κ1) is 15.8. The molecule has 2 aromatic rings. The summed E-state index contributed by atoms with van der Waals surface area (Å²) >= 11 is 0. The zero-order valence-corrected chi connectivity index (χ0v) is 12.5. The number of hydrogen-bond donors (Lipinski definition) is 1. The number of carbonyl (C=O) groups excluding carboxylic acids is 2. The Balaban J connectivity index is 1.70. The number of esters is 1. The third-order valence-corrected chi connectivity index (χ3v) is 3.13. The highest BCUT2D eigenvalue weighted by atomic mass is 16.5. The van der Waals surface area contributed by atoms with Crippen LogP contribution in [-0.4, -0.2) is 18.5 Å². The predicted molar refractivity (Wildman–Crippen MR) is 84.1 cm³/mol. The molecule has 22 heavy (non-hydrogen) atoms. The SMILES string of the molecule is Cc1cccc(CC(=O)OCC(=O)NCc2ccccc2)c1. The van der Waals surface area contributed by atoms with Crippen LogP contribution in [-0.2, 0) is 27.3 Å². The van der Waals surface area contributed by atoms with Crippen LogP contribution in [0.25, 0.3) is 0 Å². The van der Waals surface area contributed by atoms with Crippen molar-refractivity contribution in [2.45, 2.75) is 19.9 Å². The maximum atomic E-state index is 11.7. The molecule has 0 aliphatic rings. The van der Waals surface area contributed by atoms with Crippen LogP contribution in [0.3, 0.4) is 0 Å².